The van der Waals surface area contributed by atoms with Crippen LogP contribution in [0.2, 0.25) is 0 Å². The minimum Gasteiger partial charge on any atom is -0.377 e. The van der Waals surface area contributed by atoms with Crippen molar-refractivity contribution >= 4 is 17.4 Å². The summed E-state index contributed by atoms with van der Waals surface area (Å²) in [5, 5.41) is 5.49. The largest absolute Gasteiger partial charge is 0.377 e. The highest BCUT2D eigenvalue weighted by Gasteiger charge is 2.31. The maximum atomic E-state index is 12.9. The van der Waals surface area contributed by atoms with Crippen molar-refractivity contribution in [2.45, 2.75) is 50.7 Å². The molecule has 144 valence electrons. The highest BCUT2D eigenvalue weighted by molar-refractivity contribution is 7.10. The third kappa shape index (κ3) is 4.41. The Morgan fingerprint density at radius 2 is 2.00 bits per heavy atom. The summed E-state index contributed by atoms with van der Waals surface area (Å²) in [7, 11) is 0. The van der Waals surface area contributed by atoms with Gasteiger partial charge < -0.3 is 15.0 Å². The standard InChI is InChI=1S/C20H31N3O2S/c24-20(21-19(16-5-1-2-6-16)18-8-4-14-26-18)23-11-9-22(10-12-23)15-17-7-3-13-25-17/h4,8,14,16-17,19H,1-3,5-7,9-13,15H2,(H,21,24). The van der Waals surface area contributed by atoms with Gasteiger partial charge in [-0.3, -0.25) is 4.90 Å². The van der Waals surface area contributed by atoms with E-state index in [0.29, 0.717) is 12.0 Å². The number of nitrogens with zero attached hydrogens (tertiary/aromatic N) is 2. The van der Waals surface area contributed by atoms with Crippen LogP contribution in [-0.2, 0) is 4.74 Å². The lowest BCUT2D eigenvalue weighted by Crippen LogP contribution is -2.53. The van der Waals surface area contributed by atoms with Crippen LogP contribution in [0.15, 0.2) is 17.5 Å². The molecule has 1 aromatic heterocycles. The van der Waals surface area contributed by atoms with Crippen molar-refractivity contribution in [3.05, 3.63) is 22.4 Å². The fourth-order valence-electron chi connectivity index (χ4n) is 4.61. The second-order valence-electron chi connectivity index (χ2n) is 7.91. The lowest BCUT2D eigenvalue weighted by atomic mass is 9.97. The Morgan fingerprint density at radius 3 is 2.65 bits per heavy atom. The molecule has 2 aliphatic heterocycles. The van der Waals surface area contributed by atoms with Crippen LogP contribution in [0.3, 0.4) is 0 Å². The Kier molecular flexibility index (Phi) is 6.12. The summed E-state index contributed by atoms with van der Waals surface area (Å²) in [6, 6.07) is 4.58. The number of rotatable bonds is 5. The normalized spacial score (nSPS) is 26.3. The van der Waals surface area contributed by atoms with Crippen LogP contribution in [0, 0.1) is 5.92 Å². The molecule has 4 rings (SSSR count). The molecule has 3 fully saturated rings. The number of urea groups is 1. The molecule has 1 N–H and O–H groups in total. The number of carbonyl (C=O) groups excluding carboxylic acids is 1. The molecule has 0 spiro atoms. The third-order valence-corrected chi connectivity index (χ3v) is 7.10. The minimum atomic E-state index is 0.118. The Bertz CT molecular complexity index is 560. The predicted molar refractivity (Wildman–Crippen MR) is 105 cm³/mol. The molecule has 3 aliphatic rings. The van der Waals surface area contributed by atoms with E-state index in [-0.39, 0.29) is 12.1 Å². The zero-order valence-corrected chi connectivity index (χ0v) is 16.4. The highest BCUT2D eigenvalue weighted by atomic mass is 32.1. The average Bonchev–Trinajstić information content (AvgIpc) is 3.43. The van der Waals surface area contributed by atoms with Gasteiger partial charge in [0.15, 0.2) is 0 Å². The molecule has 2 saturated heterocycles. The van der Waals surface area contributed by atoms with Crippen LogP contribution in [0.1, 0.15) is 49.4 Å². The minimum absolute atomic E-state index is 0.118. The molecule has 2 amide bonds. The van der Waals surface area contributed by atoms with Crippen molar-refractivity contribution in [2.24, 2.45) is 5.92 Å². The molecular weight excluding hydrogens is 346 g/mol. The van der Waals surface area contributed by atoms with E-state index in [0.717, 1.165) is 39.3 Å². The third-order valence-electron chi connectivity index (χ3n) is 6.15. The molecule has 1 aliphatic carbocycles. The van der Waals surface area contributed by atoms with Gasteiger partial charge in [-0.15, -0.1) is 11.3 Å². The first-order valence-corrected chi connectivity index (χ1v) is 11.1. The van der Waals surface area contributed by atoms with E-state index in [2.05, 4.69) is 27.7 Å². The molecule has 1 aromatic rings. The number of thiophene rings is 1. The fourth-order valence-corrected chi connectivity index (χ4v) is 5.48. The molecule has 6 heteroatoms. The molecular formula is C20H31N3O2S. The smallest absolute Gasteiger partial charge is 0.318 e. The Labute approximate surface area is 160 Å². The molecule has 2 unspecified atom stereocenters. The van der Waals surface area contributed by atoms with Gasteiger partial charge in [0.2, 0.25) is 0 Å². The Balaban J connectivity index is 1.29. The van der Waals surface area contributed by atoms with E-state index in [1.165, 1.54) is 43.4 Å². The second kappa shape index (κ2) is 8.72. The van der Waals surface area contributed by atoms with Gasteiger partial charge in [-0.2, -0.15) is 0 Å². The number of hydrogen-bond donors (Lipinski definition) is 1. The summed E-state index contributed by atoms with van der Waals surface area (Å²) < 4.78 is 5.75. The van der Waals surface area contributed by atoms with Gasteiger partial charge in [-0.25, -0.2) is 4.79 Å². The summed E-state index contributed by atoms with van der Waals surface area (Å²) in [5.74, 6) is 0.596. The topological polar surface area (TPSA) is 44.8 Å². The first-order valence-electron chi connectivity index (χ1n) is 10.2. The number of amides is 2. The number of carbonyl (C=O) groups is 1. The van der Waals surface area contributed by atoms with E-state index in [4.69, 9.17) is 4.74 Å². The van der Waals surface area contributed by atoms with Crippen molar-refractivity contribution in [3.63, 3.8) is 0 Å². The fraction of sp³-hybridized carbons (Fsp3) is 0.750. The monoisotopic (exact) mass is 377 g/mol. The Morgan fingerprint density at radius 1 is 1.19 bits per heavy atom. The van der Waals surface area contributed by atoms with Crippen molar-refractivity contribution in [1.29, 1.82) is 0 Å². The van der Waals surface area contributed by atoms with Gasteiger partial charge >= 0.3 is 6.03 Å². The van der Waals surface area contributed by atoms with Gasteiger partial charge in [-0.1, -0.05) is 18.9 Å². The number of piperazine rings is 1. The van der Waals surface area contributed by atoms with Crippen molar-refractivity contribution in [2.75, 3.05) is 39.3 Å². The molecule has 2 atom stereocenters. The second-order valence-corrected chi connectivity index (χ2v) is 8.89. The van der Waals surface area contributed by atoms with Crippen LogP contribution < -0.4 is 5.32 Å². The molecule has 3 heterocycles. The molecule has 0 aromatic carbocycles. The van der Waals surface area contributed by atoms with E-state index in [9.17, 15) is 4.79 Å². The molecule has 26 heavy (non-hydrogen) atoms. The molecule has 1 saturated carbocycles. The SMILES string of the molecule is O=C(NC(c1cccs1)C1CCCC1)N1CCN(CC2CCCO2)CC1. The molecule has 0 radical (unpaired) electrons. The zero-order chi connectivity index (χ0) is 17.8. The average molecular weight is 378 g/mol. The van der Waals surface area contributed by atoms with Gasteiger partial charge in [0.25, 0.3) is 0 Å². The zero-order valence-electron chi connectivity index (χ0n) is 15.6. The van der Waals surface area contributed by atoms with E-state index < -0.39 is 0 Å². The summed E-state index contributed by atoms with van der Waals surface area (Å²) in [4.78, 5) is 18.6. The quantitative estimate of drug-likeness (QED) is 0.854. The van der Waals surface area contributed by atoms with Gasteiger partial charge in [0.05, 0.1) is 12.1 Å². The van der Waals surface area contributed by atoms with Gasteiger partial charge in [-0.05, 0) is 43.0 Å². The molecule has 5 nitrogen and oxygen atoms in total. The lowest BCUT2D eigenvalue weighted by molar-refractivity contribution is 0.0556. The van der Waals surface area contributed by atoms with Crippen LogP contribution in [0.5, 0.6) is 0 Å². The van der Waals surface area contributed by atoms with Gasteiger partial charge in [0, 0.05) is 44.2 Å². The van der Waals surface area contributed by atoms with Crippen molar-refractivity contribution in [3.8, 4) is 0 Å². The summed E-state index contributed by atoms with van der Waals surface area (Å²) >= 11 is 1.77. The Hall–Kier alpha value is -1.11. The highest BCUT2D eigenvalue weighted by Crippen LogP contribution is 2.37. The van der Waals surface area contributed by atoms with Crippen molar-refractivity contribution in [1.82, 2.24) is 15.1 Å². The number of hydrogen-bond acceptors (Lipinski definition) is 4. The van der Waals surface area contributed by atoms with Crippen LogP contribution in [0.4, 0.5) is 4.79 Å². The van der Waals surface area contributed by atoms with Gasteiger partial charge in [0.1, 0.15) is 0 Å². The van der Waals surface area contributed by atoms with E-state index >= 15 is 0 Å². The predicted octanol–water partition coefficient (Wildman–Crippen LogP) is 3.49. The van der Waals surface area contributed by atoms with E-state index in [1.54, 1.807) is 11.3 Å². The summed E-state index contributed by atoms with van der Waals surface area (Å²) in [6.45, 7) is 5.50. The van der Waals surface area contributed by atoms with Crippen LogP contribution >= 0.6 is 11.3 Å². The maximum Gasteiger partial charge on any atom is 0.318 e. The van der Waals surface area contributed by atoms with Crippen LogP contribution in [-0.4, -0.2) is 61.3 Å². The summed E-state index contributed by atoms with van der Waals surface area (Å²) in [6.07, 6.45) is 7.84. The molecule has 0 bridgehead atoms. The number of ether oxygens (including phenoxy) is 1. The van der Waals surface area contributed by atoms with E-state index in [1.807, 2.05) is 4.90 Å². The van der Waals surface area contributed by atoms with Crippen LogP contribution in [0.25, 0.3) is 0 Å². The van der Waals surface area contributed by atoms with Crippen molar-refractivity contribution < 1.29 is 9.53 Å². The first kappa shape index (κ1) is 18.3. The maximum absolute atomic E-state index is 12.9. The summed E-state index contributed by atoms with van der Waals surface area (Å²) in [5.41, 5.74) is 0. The lowest BCUT2D eigenvalue weighted by Gasteiger charge is -2.37. The number of nitrogens with one attached hydrogen (secondary N) is 1. The first-order chi connectivity index (χ1) is 12.8.